The van der Waals surface area contributed by atoms with Gasteiger partial charge in [0.15, 0.2) is 7.28 Å². The molecule has 0 nitrogen and oxygen atoms in total. The molecule has 20 heavy (non-hydrogen) atoms. The lowest BCUT2D eigenvalue weighted by Gasteiger charge is -2.04. The Balaban J connectivity index is 1.69. The van der Waals surface area contributed by atoms with Gasteiger partial charge in [-0.3, -0.25) is 0 Å². The van der Waals surface area contributed by atoms with Gasteiger partial charge in [0.05, 0.1) is 0 Å². The van der Waals surface area contributed by atoms with Crippen molar-refractivity contribution in [2.24, 2.45) is 0 Å². The van der Waals surface area contributed by atoms with Gasteiger partial charge in [0, 0.05) is 9.79 Å². The summed E-state index contributed by atoms with van der Waals surface area (Å²) < 4.78 is 0. The minimum atomic E-state index is 1.23. The molecular formula is C18H14BS. The van der Waals surface area contributed by atoms with Crippen LogP contribution in [0.5, 0.6) is 0 Å². The molecule has 0 N–H and O–H groups in total. The molecule has 0 atom stereocenters. The zero-order chi connectivity index (χ0) is 13.6. The van der Waals surface area contributed by atoms with Crippen molar-refractivity contribution >= 4 is 30.0 Å². The van der Waals surface area contributed by atoms with Crippen LogP contribution in [0.25, 0.3) is 0 Å². The molecule has 0 aliphatic heterocycles. The maximum atomic E-state index is 2.19. The smallest absolute Gasteiger partial charge is 0.0901 e. The Labute approximate surface area is 125 Å². The van der Waals surface area contributed by atoms with Crippen LogP contribution < -0.4 is 10.9 Å². The molecule has 3 rings (SSSR count). The first kappa shape index (κ1) is 13.1. The van der Waals surface area contributed by atoms with Crippen molar-refractivity contribution < 1.29 is 0 Å². The van der Waals surface area contributed by atoms with E-state index in [1.54, 1.807) is 11.8 Å². The van der Waals surface area contributed by atoms with Crippen molar-refractivity contribution in [3.63, 3.8) is 0 Å². The highest BCUT2D eigenvalue weighted by molar-refractivity contribution is 7.99. The third-order valence-corrected chi connectivity index (χ3v) is 4.01. The minimum absolute atomic E-state index is 1.23. The van der Waals surface area contributed by atoms with Crippen molar-refractivity contribution in [2.45, 2.75) is 9.79 Å². The topological polar surface area (TPSA) is 0 Å². The average molecular weight is 273 g/mol. The molecule has 0 unspecified atom stereocenters. The molecule has 0 fully saturated rings. The van der Waals surface area contributed by atoms with E-state index in [0.717, 1.165) is 0 Å². The zero-order valence-corrected chi connectivity index (χ0v) is 11.9. The molecule has 0 heterocycles. The van der Waals surface area contributed by atoms with Gasteiger partial charge in [-0.05, 0) is 24.3 Å². The molecule has 0 bridgehead atoms. The molecule has 0 aliphatic carbocycles. The van der Waals surface area contributed by atoms with Crippen molar-refractivity contribution in [3.05, 3.63) is 84.9 Å². The molecule has 0 aliphatic rings. The van der Waals surface area contributed by atoms with Crippen LogP contribution in [0.1, 0.15) is 0 Å². The van der Waals surface area contributed by atoms with Crippen LogP contribution in [-0.4, -0.2) is 7.28 Å². The lowest BCUT2D eigenvalue weighted by molar-refractivity contribution is 1.41. The van der Waals surface area contributed by atoms with E-state index in [-0.39, 0.29) is 0 Å². The van der Waals surface area contributed by atoms with Crippen molar-refractivity contribution in [3.8, 4) is 0 Å². The number of rotatable bonds is 4. The fraction of sp³-hybridized carbons (Fsp3) is 0. The van der Waals surface area contributed by atoms with E-state index in [1.165, 1.54) is 20.7 Å². The highest BCUT2D eigenvalue weighted by Gasteiger charge is 2.00. The molecular weight excluding hydrogens is 259 g/mol. The van der Waals surface area contributed by atoms with Crippen LogP contribution in [0.3, 0.4) is 0 Å². The van der Waals surface area contributed by atoms with Gasteiger partial charge in [-0.25, -0.2) is 0 Å². The largest absolute Gasteiger partial charge is 0.191 e. The molecule has 0 spiro atoms. The van der Waals surface area contributed by atoms with E-state index in [0.29, 0.717) is 0 Å². The first-order chi connectivity index (χ1) is 9.90. The molecule has 3 aromatic rings. The highest BCUT2D eigenvalue weighted by atomic mass is 32.2. The van der Waals surface area contributed by atoms with Gasteiger partial charge >= 0.3 is 0 Å². The Hall–Kier alpha value is -1.93. The van der Waals surface area contributed by atoms with Crippen LogP contribution in [-0.2, 0) is 0 Å². The van der Waals surface area contributed by atoms with Crippen molar-refractivity contribution in [1.29, 1.82) is 0 Å². The summed E-state index contributed by atoms with van der Waals surface area (Å²) in [4.78, 5) is 2.54. The Morgan fingerprint density at radius 2 is 1.00 bits per heavy atom. The Morgan fingerprint density at radius 1 is 0.500 bits per heavy atom. The maximum Gasteiger partial charge on any atom is 0.191 e. The Bertz CT molecular complexity index is 588. The number of hydrogen-bond donors (Lipinski definition) is 0. The van der Waals surface area contributed by atoms with Crippen molar-refractivity contribution in [1.82, 2.24) is 0 Å². The second-order valence-electron chi connectivity index (χ2n) is 4.54. The third-order valence-electron chi connectivity index (χ3n) is 2.99. The standard InChI is InChI=1S/C18H14BS/c1-3-7-15(8-4-1)19-16-11-13-18(14-12-16)20-17-9-5-2-6-10-17/h1-14H. The Morgan fingerprint density at radius 3 is 1.65 bits per heavy atom. The van der Waals surface area contributed by atoms with Gasteiger partial charge in [0.2, 0.25) is 0 Å². The molecule has 0 amide bonds. The van der Waals surface area contributed by atoms with Crippen LogP contribution >= 0.6 is 11.8 Å². The van der Waals surface area contributed by atoms with E-state index in [2.05, 4.69) is 80.1 Å². The van der Waals surface area contributed by atoms with Crippen LogP contribution in [0, 0.1) is 0 Å². The zero-order valence-electron chi connectivity index (χ0n) is 11.1. The molecule has 0 aromatic heterocycles. The quantitative estimate of drug-likeness (QED) is 0.656. The highest BCUT2D eigenvalue weighted by Crippen LogP contribution is 2.26. The van der Waals surface area contributed by atoms with Gasteiger partial charge in [0.1, 0.15) is 0 Å². The number of benzene rings is 3. The first-order valence-electron chi connectivity index (χ1n) is 6.63. The average Bonchev–Trinajstić information content (AvgIpc) is 2.51. The van der Waals surface area contributed by atoms with Crippen molar-refractivity contribution in [2.75, 3.05) is 0 Å². The summed E-state index contributed by atoms with van der Waals surface area (Å²) in [5.74, 6) is 0. The second kappa shape index (κ2) is 6.49. The van der Waals surface area contributed by atoms with E-state index in [9.17, 15) is 0 Å². The summed E-state index contributed by atoms with van der Waals surface area (Å²) in [6.45, 7) is 0. The minimum Gasteiger partial charge on any atom is -0.0901 e. The molecule has 0 saturated carbocycles. The fourth-order valence-corrected chi connectivity index (χ4v) is 2.84. The normalized spacial score (nSPS) is 10.2. The van der Waals surface area contributed by atoms with Gasteiger partial charge in [-0.2, -0.15) is 0 Å². The van der Waals surface area contributed by atoms with Gasteiger partial charge in [0.25, 0.3) is 0 Å². The van der Waals surface area contributed by atoms with E-state index in [4.69, 9.17) is 0 Å². The van der Waals surface area contributed by atoms with E-state index >= 15 is 0 Å². The summed E-state index contributed by atoms with van der Waals surface area (Å²) in [7, 11) is 2.19. The van der Waals surface area contributed by atoms with Gasteiger partial charge in [-0.1, -0.05) is 83.4 Å². The van der Waals surface area contributed by atoms with Gasteiger partial charge < -0.3 is 0 Å². The van der Waals surface area contributed by atoms with Crippen LogP contribution in [0.15, 0.2) is 94.7 Å². The molecule has 3 aromatic carbocycles. The second-order valence-corrected chi connectivity index (χ2v) is 5.69. The molecule has 0 saturated heterocycles. The molecule has 2 heteroatoms. The van der Waals surface area contributed by atoms with E-state index in [1.807, 2.05) is 12.1 Å². The lowest BCUT2D eigenvalue weighted by Crippen LogP contribution is -2.26. The van der Waals surface area contributed by atoms with Crippen LogP contribution in [0.2, 0.25) is 0 Å². The summed E-state index contributed by atoms with van der Waals surface area (Å²) in [5.41, 5.74) is 2.46. The Kier molecular flexibility index (Phi) is 4.24. The SMILES string of the molecule is [B](c1ccccc1)c1ccc(Sc2ccccc2)cc1. The van der Waals surface area contributed by atoms with Crippen LogP contribution in [0.4, 0.5) is 0 Å². The summed E-state index contributed by atoms with van der Waals surface area (Å²) >= 11 is 1.79. The first-order valence-corrected chi connectivity index (χ1v) is 7.44. The summed E-state index contributed by atoms with van der Waals surface area (Å²) in [6.07, 6.45) is 0. The number of hydrogen-bond acceptors (Lipinski definition) is 1. The van der Waals surface area contributed by atoms with Gasteiger partial charge in [-0.15, -0.1) is 0 Å². The fourth-order valence-electron chi connectivity index (χ4n) is 2.00. The molecule has 95 valence electrons. The van der Waals surface area contributed by atoms with E-state index < -0.39 is 0 Å². The summed E-state index contributed by atoms with van der Waals surface area (Å²) in [5, 5.41) is 0. The molecule has 1 radical (unpaired) electrons. The lowest BCUT2D eigenvalue weighted by atomic mass is 9.64. The predicted molar refractivity (Wildman–Crippen MR) is 88.5 cm³/mol. The summed E-state index contributed by atoms with van der Waals surface area (Å²) in [6, 6.07) is 29.5. The maximum absolute atomic E-state index is 2.19. The predicted octanol–water partition coefficient (Wildman–Crippen LogP) is 3.49. The third kappa shape index (κ3) is 3.55. The monoisotopic (exact) mass is 273 g/mol.